The van der Waals surface area contributed by atoms with E-state index in [0.717, 1.165) is 25.7 Å². The number of likely N-dealkylation sites (N-methyl/N-ethyl adjacent to an activating group) is 1. The highest BCUT2D eigenvalue weighted by Crippen LogP contribution is 2.11. The van der Waals surface area contributed by atoms with Crippen LogP contribution in [0.2, 0.25) is 0 Å². The van der Waals surface area contributed by atoms with Gasteiger partial charge in [-0.25, -0.2) is 4.39 Å². The van der Waals surface area contributed by atoms with Crippen LogP contribution in [0.25, 0.3) is 0 Å². The Morgan fingerprint density at radius 3 is 3.06 bits per heavy atom. The Bertz CT molecular complexity index is 391. The van der Waals surface area contributed by atoms with Crippen LogP contribution < -0.4 is 5.32 Å². The van der Waals surface area contributed by atoms with Crippen LogP contribution in [0.3, 0.4) is 0 Å². The van der Waals surface area contributed by atoms with Crippen LogP contribution in [0.1, 0.15) is 16.8 Å². The van der Waals surface area contributed by atoms with E-state index in [4.69, 9.17) is 0 Å². The van der Waals surface area contributed by atoms with Crippen LogP contribution >= 0.6 is 0 Å². The second-order valence-corrected chi connectivity index (χ2v) is 3.95. The molecule has 4 nitrogen and oxygen atoms in total. The molecule has 1 N–H and O–H groups in total. The number of halogens is 1. The molecule has 2 rings (SSSR count). The van der Waals surface area contributed by atoms with Gasteiger partial charge in [0.15, 0.2) is 0 Å². The predicted octanol–water partition coefficient (Wildman–Crippen LogP) is 0.655. The number of aromatic nitrogens is 1. The number of amides is 1. The number of pyridine rings is 1. The molecule has 1 aromatic heterocycles. The molecule has 1 saturated heterocycles. The first-order valence-electron chi connectivity index (χ1n) is 5.27. The Kier molecular flexibility index (Phi) is 3.14. The van der Waals surface area contributed by atoms with Gasteiger partial charge in [0.1, 0.15) is 5.82 Å². The van der Waals surface area contributed by atoms with Crippen LogP contribution in [-0.2, 0) is 0 Å². The monoisotopic (exact) mass is 223 g/mol. The first-order valence-corrected chi connectivity index (χ1v) is 5.27. The maximum atomic E-state index is 12.9. The summed E-state index contributed by atoms with van der Waals surface area (Å²) < 4.78 is 12.9. The standard InChI is InChI=1S/C11H14FN3O/c1-15(10-2-3-13-7-10)11(16)8-4-9(12)6-14-5-8/h4-6,10,13H,2-3,7H2,1H3. The summed E-state index contributed by atoms with van der Waals surface area (Å²) in [4.78, 5) is 17.3. The molecule has 86 valence electrons. The highest BCUT2D eigenvalue weighted by Gasteiger charge is 2.24. The summed E-state index contributed by atoms with van der Waals surface area (Å²) in [6, 6.07) is 1.41. The molecule has 1 atom stereocenters. The van der Waals surface area contributed by atoms with Crippen LogP contribution in [0.4, 0.5) is 4.39 Å². The molecule has 0 saturated carbocycles. The molecule has 1 aliphatic rings. The largest absolute Gasteiger partial charge is 0.337 e. The zero-order chi connectivity index (χ0) is 11.5. The fraction of sp³-hybridized carbons (Fsp3) is 0.455. The highest BCUT2D eigenvalue weighted by atomic mass is 19.1. The maximum Gasteiger partial charge on any atom is 0.255 e. The predicted molar refractivity (Wildman–Crippen MR) is 57.6 cm³/mol. The van der Waals surface area contributed by atoms with Gasteiger partial charge in [0.25, 0.3) is 5.91 Å². The smallest absolute Gasteiger partial charge is 0.255 e. The number of carbonyl (C=O) groups is 1. The van der Waals surface area contributed by atoms with Crippen LogP contribution in [0.15, 0.2) is 18.5 Å². The summed E-state index contributed by atoms with van der Waals surface area (Å²) in [5, 5.41) is 3.19. The third-order valence-corrected chi connectivity index (χ3v) is 2.85. The molecular formula is C11H14FN3O. The Labute approximate surface area is 93.5 Å². The van der Waals surface area contributed by atoms with E-state index >= 15 is 0 Å². The van der Waals surface area contributed by atoms with E-state index in [1.807, 2.05) is 0 Å². The number of nitrogens with zero attached hydrogens (tertiary/aromatic N) is 2. The summed E-state index contributed by atoms with van der Waals surface area (Å²) in [6.07, 6.45) is 3.42. The number of hydrogen-bond donors (Lipinski definition) is 1. The molecule has 16 heavy (non-hydrogen) atoms. The molecule has 1 unspecified atom stereocenters. The Morgan fingerprint density at radius 2 is 2.44 bits per heavy atom. The molecule has 1 aliphatic heterocycles. The van der Waals surface area contributed by atoms with Gasteiger partial charge in [0.05, 0.1) is 11.8 Å². The number of hydrogen-bond acceptors (Lipinski definition) is 3. The van der Waals surface area contributed by atoms with Crippen molar-refractivity contribution in [3.8, 4) is 0 Å². The van der Waals surface area contributed by atoms with Crippen molar-refractivity contribution in [2.24, 2.45) is 0 Å². The zero-order valence-electron chi connectivity index (χ0n) is 9.11. The topological polar surface area (TPSA) is 45.2 Å². The number of rotatable bonds is 2. The van der Waals surface area contributed by atoms with Gasteiger partial charge in [-0.05, 0) is 19.0 Å². The molecule has 0 aliphatic carbocycles. The lowest BCUT2D eigenvalue weighted by molar-refractivity contribution is 0.0743. The Balaban J connectivity index is 2.12. The molecule has 1 aromatic rings. The molecule has 0 radical (unpaired) electrons. The van der Waals surface area contributed by atoms with Crippen LogP contribution in [0.5, 0.6) is 0 Å². The van der Waals surface area contributed by atoms with Crippen molar-refractivity contribution in [3.05, 3.63) is 29.8 Å². The van der Waals surface area contributed by atoms with Gasteiger partial charge >= 0.3 is 0 Å². The van der Waals surface area contributed by atoms with Crippen molar-refractivity contribution < 1.29 is 9.18 Å². The molecule has 0 spiro atoms. The van der Waals surface area contributed by atoms with E-state index in [2.05, 4.69) is 10.3 Å². The van der Waals surface area contributed by atoms with Crippen molar-refractivity contribution in [2.75, 3.05) is 20.1 Å². The van der Waals surface area contributed by atoms with Gasteiger partial charge in [-0.3, -0.25) is 9.78 Å². The number of carbonyl (C=O) groups excluding carboxylic acids is 1. The molecule has 0 aromatic carbocycles. The minimum Gasteiger partial charge on any atom is -0.337 e. The Hall–Kier alpha value is -1.49. The summed E-state index contributed by atoms with van der Waals surface area (Å²) in [6.45, 7) is 1.72. The van der Waals surface area contributed by atoms with Crippen molar-refractivity contribution in [1.29, 1.82) is 0 Å². The molecule has 2 heterocycles. The SMILES string of the molecule is CN(C(=O)c1cncc(F)c1)C1CCNC1. The first-order chi connectivity index (χ1) is 7.68. The number of nitrogens with one attached hydrogen (secondary N) is 1. The quantitative estimate of drug-likeness (QED) is 0.801. The lowest BCUT2D eigenvalue weighted by Crippen LogP contribution is -2.38. The van der Waals surface area contributed by atoms with Gasteiger partial charge in [-0.15, -0.1) is 0 Å². The molecule has 5 heteroatoms. The summed E-state index contributed by atoms with van der Waals surface area (Å²) in [5.74, 6) is -0.663. The van der Waals surface area contributed by atoms with Gasteiger partial charge in [0.2, 0.25) is 0 Å². The van der Waals surface area contributed by atoms with E-state index in [0.29, 0.717) is 5.56 Å². The zero-order valence-corrected chi connectivity index (χ0v) is 9.11. The van der Waals surface area contributed by atoms with Crippen molar-refractivity contribution in [2.45, 2.75) is 12.5 Å². The van der Waals surface area contributed by atoms with E-state index in [-0.39, 0.29) is 11.9 Å². The van der Waals surface area contributed by atoms with E-state index in [1.54, 1.807) is 11.9 Å². The lowest BCUT2D eigenvalue weighted by Gasteiger charge is -2.23. The van der Waals surface area contributed by atoms with Gasteiger partial charge in [-0.2, -0.15) is 0 Å². The van der Waals surface area contributed by atoms with Gasteiger partial charge in [0, 0.05) is 25.8 Å². The average Bonchev–Trinajstić information content (AvgIpc) is 2.80. The summed E-state index contributed by atoms with van der Waals surface area (Å²) in [7, 11) is 1.74. The lowest BCUT2D eigenvalue weighted by atomic mass is 10.2. The van der Waals surface area contributed by atoms with E-state index in [9.17, 15) is 9.18 Å². The fourth-order valence-corrected chi connectivity index (χ4v) is 1.87. The second kappa shape index (κ2) is 4.57. The minimum absolute atomic E-state index is 0.180. The van der Waals surface area contributed by atoms with Crippen molar-refractivity contribution in [1.82, 2.24) is 15.2 Å². The fourth-order valence-electron chi connectivity index (χ4n) is 1.87. The van der Waals surface area contributed by atoms with Gasteiger partial charge < -0.3 is 10.2 Å². The maximum absolute atomic E-state index is 12.9. The van der Waals surface area contributed by atoms with E-state index < -0.39 is 5.82 Å². The molecule has 0 bridgehead atoms. The summed E-state index contributed by atoms with van der Waals surface area (Å²) in [5.41, 5.74) is 0.300. The normalized spacial score (nSPS) is 19.8. The average molecular weight is 223 g/mol. The van der Waals surface area contributed by atoms with Crippen LogP contribution in [0, 0.1) is 5.82 Å². The summed E-state index contributed by atoms with van der Waals surface area (Å²) >= 11 is 0. The molecule has 1 amide bonds. The van der Waals surface area contributed by atoms with Crippen LogP contribution in [-0.4, -0.2) is 42.0 Å². The van der Waals surface area contributed by atoms with E-state index in [1.165, 1.54) is 12.3 Å². The highest BCUT2D eigenvalue weighted by molar-refractivity contribution is 5.93. The third kappa shape index (κ3) is 2.19. The van der Waals surface area contributed by atoms with Gasteiger partial charge in [-0.1, -0.05) is 0 Å². The van der Waals surface area contributed by atoms with Crippen molar-refractivity contribution >= 4 is 5.91 Å². The minimum atomic E-state index is -0.483. The molecular weight excluding hydrogens is 209 g/mol. The third-order valence-electron chi connectivity index (χ3n) is 2.85. The molecule has 1 fully saturated rings. The van der Waals surface area contributed by atoms with Crippen molar-refractivity contribution in [3.63, 3.8) is 0 Å². The Morgan fingerprint density at radius 1 is 1.62 bits per heavy atom. The first kappa shape index (κ1) is 11.0. The second-order valence-electron chi connectivity index (χ2n) is 3.95.